The number of furan rings is 1. The fraction of sp³-hybridized carbons (Fsp3) is 0.259. The molecule has 0 amide bonds. The molecule has 1 aliphatic rings. The standard InChI is InChI=1S/C27H27FN4O2/c1-18-11-12-25(34-18)22-17-32(15-19-7-3-2-4-8-19)16-21(22)24-13-26(33)31-27(30-24)29-14-20-9-5-6-10-23(20)28/h2-13,21-22H,14-17H2,1H3,(H2,29,30,31,33). The number of aromatic amines is 1. The Hall–Kier alpha value is -3.71. The van der Waals surface area contributed by atoms with Crippen molar-refractivity contribution in [2.24, 2.45) is 0 Å². The Balaban J connectivity index is 1.41. The lowest BCUT2D eigenvalue weighted by molar-refractivity contribution is 0.319. The van der Waals surface area contributed by atoms with Crippen LogP contribution < -0.4 is 10.9 Å². The molecule has 5 rings (SSSR count). The van der Waals surface area contributed by atoms with Crippen molar-refractivity contribution < 1.29 is 8.81 Å². The molecule has 0 saturated carbocycles. The molecule has 0 spiro atoms. The minimum Gasteiger partial charge on any atom is -0.466 e. The molecule has 2 aromatic carbocycles. The van der Waals surface area contributed by atoms with Crippen LogP contribution in [0.1, 0.15) is 40.2 Å². The zero-order valence-corrected chi connectivity index (χ0v) is 19.0. The van der Waals surface area contributed by atoms with Crippen LogP contribution in [0.2, 0.25) is 0 Å². The molecular weight excluding hydrogens is 431 g/mol. The van der Waals surface area contributed by atoms with Gasteiger partial charge in [0.15, 0.2) is 0 Å². The number of aromatic nitrogens is 2. The number of aryl methyl sites for hydroxylation is 1. The molecule has 7 heteroatoms. The van der Waals surface area contributed by atoms with Gasteiger partial charge in [-0.05, 0) is 30.7 Å². The van der Waals surface area contributed by atoms with E-state index in [2.05, 4.69) is 27.3 Å². The fourth-order valence-corrected chi connectivity index (χ4v) is 4.67. The molecule has 4 aromatic rings. The lowest BCUT2D eigenvalue weighted by atomic mass is 9.90. The highest BCUT2D eigenvalue weighted by Crippen LogP contribution is 2.40. The second kappa shape index (κ2) is 9.65. The van der Waals surface area contributed by atoms with Gasteiger partial charge in [0.1, 0.15) is 17.3 Å². The van der Waals surface area contributed by atoms with Gasteiger partial charge < -0.3 is 9.73 Å². The summed E-state index contributed by atoms with van der Waals surface area (Å²) in [5, 5.41) is 3.07. The number of likely N-dealkylation sites (tertiary alicyclic amines) is 1. The van der Waals surface area contributed by atoms with Gasteiger partial charge in [-0.25, -0.2) is 9.37 Å². The average molecular weight is 459 g/mol. The summed E-state index contributed by atoms with van der Waals surface area (Å²) in [4.78, 5) is 22.4. The molecule has 0 radical (unpaired) electrons. The average Bonchev–Trinajstić information content (AvgIpc) is 3.45. The van der Waals surface area contributed by atoms with Gasteiger partial charge >= 0.3 is 0 Å². The van der Waals surface area contributed by atoms with E-state index in [0.717, 1.165) is 31.2 Å². The second-order valence-corrected chi connectivity index (χ2v) is 8.80. The van der Waals surface area contributed by atoms with Crippen LogP contribution in [0.4, 0.5) is 10.3 Å². The van der Waals surface area contributed by atoms with Gasteiger partial charge in [-0.15, -0.1) is 0 Å². The Morgan fingerprint density at radius 2 is 1.82 bits per heavy atom. The van der Waals surface area contributed by atoms with Crippen LogP contribution in [0.15, 0.2) is 82.0 Å². The smallest absolute Gasteiger partial charge is 0.252 e. The molecule has 1 aliphatic heterocycles. The third kappa shape index (κ3) is 4.94. The van der Waals surface area contributed by atoms with Crippen LogP contribution >= 0.6 is 0 Å². The monoisotopic (exact) mass is 458 g/mol. The minimum absolute atomic E-state index is 0.00873. The summed E-state index contributed by atoms with van der Waals surface area (Å²) < 4.78 is 20.0. The van der Waals surface area contributed by atoms with Gasteiger partial charge in [-0.2, -0.15) is 0 Å². The van der Waals surface area contributed by atoms with Gasteiger partial charge in [-0.1, -0.05) is 48.5 Å². The maximum atomic E-state index is 14.0. The minimum atomic E-state index is -0.297. The Bertz CT molecular complexity index is 1320. The van der Waals surface area contributed by atoms with E-state index >= 15 is 0 Å². The Morgan fingerprint density at radius 3 is 2.59 bits per heavy atom. The van der Waals surface area contributed by atoms with Crippen molar-refractivity contribution >= 4 is 5.95 Å². The molecule has 174 valence electrons. The van der Waals surface area contributed by atoms with Crippen LogP contribution in [0.3, 0.4) is 0 Å². The molecule has 2 unspecified atom stereocenters. The first-order valence-corrected chi connectivity index (χ1v) is 11.5. The van der Waals surface area contributed by atoms with E-state index in [1.54, 1.807) is 24.3 Å². The molecule has 0 aliphatic carbocycles. The predicted octanol–water partition coefficient (Wildman–Crippen LogP) is 4.81. The van der Waals surface area contributed by atoms with Crippen molar-refractivity contribution in [1.82, 2.24) is 14.9 Å². The van der Waals surface area contributed by atoms with Crippen molar-refractivity contribution in [3.05, 3.63) is 117 Å². The summed E-state index contributed by atoms with van der Waals surface area (Å²) in [7, 11) is 0. The molecule has 34 heavy (non-hydrogen) atoms. The van der Waals surface area contributed by atoms with Crippen LogP contribution in [0, 0.1) is 12.7 Å². The highest BCUT2D eigenvalue weighted by molar-refractivity contribution is 5.32. The van der Waals surface area contributed by atoms with Crippen LogP contribution in [0.5, 0.6) is 0 Å². The van der Waals surface area contributed by atoms with Gasteiger partial charge in [0.25, 0.3) is 5.56 Å². The van der Waals surface area contributed by atoms with E-state index in [4.69, 9.17) is 9.40 Å². The van der Waals surface area contributed by atoms with Crippen LogP contribution in [-0.4, -0.2) is 28.0 Å². The van der Waals surface area contributed by atoms with E-state index in [0.29, 0.717) is 17.2 Å². The Labute approximate surface area is 197 Å². The highest BCUT2D eigenvalue weighted by Gasteiger charge is 2.38. The number of rotatable bonds is 7. The SMILES string of the molecule is Cc1ccc(C2CN(Cc3ccccc3)CC2c2cc(=O)[nH]c(NCc3ccccc3F)n2)o1. The van der Waals surface area contributed by atoms with Gasteiger partial charge in [0.05, 0.1) is 5.69 Å². The maximum Gasteiger partial charge on any atom is 0.252 e. The summed E-state index contributed by atoms with van der Waals surface area (Å²) in [6.07, 6.45) is 0. The van der Waals surface area contributed by atoms with Crippen LogP contribution in [-0.2, 0) is 13.1 Å². The quantitative estimate of drug-likeness (QED) is 0.416. The molecule has 2 atom stereocenters. The van der Waals surface area contributed by atoms with E-state index in [1.807, 2.05) is 37.3 Å². The Morgan fingerprint density at radius 1 is 1.06 bits per heavy atom. The zero-order valence-electron chi connectivity index (χ0n) is 19.0. The lowest BCUT2D eigenvalue weighted by Gasteiger charge is -2.17. The number of hydrogen-bond donors (Lipinski definition) is 2. The number of nitrogens with zero attached hydrogens (tertiary/aromatic N) is 2. The molecule has 3 heterocycles. The molecule has 6 nitrogen and oxygen atoms in total. The van der Waals surface area contributed by atoms with Crippen molar-refractivity contribution in [1.29, 1.82) is 0 Å². The van der Waals surface area contributed by atoms with Crippen LogP contribution in [0.25, 0.3) is 0 Å². The largest absolute Gasteiger partial charge is 0.466 e. The summed E-state index contributed by atoms with van der Waals surface area (Å²) in [5.74, 6) is 1.87. The second-order valence-electron chi connectivity index (χ2n) is 8.80. The molecule has 1 saturated heterocycles. The van der Waals surface area contributed by atoms with Crippen molar-refractivity contribution in [2.45, 2.75) is 31.8 Å². The lowest BCUT2D eigenvalue weighted by Crippen LogP contribution is -2.21. The van der Waals surface area contributed by atoms with E-state index in [1.165, 1.54) is 11.6 Å². The third-order valence-electron chi connectivity index (χ3n) is 6.32. The van der Waals surface area contributed by atoms with Crippen molar-refractivity contribution in [3.8, 4) is 0 Å². The normalized spacial score (nSPS) is 18.3. The molecule has 0 bridgehead atoms. The maximum absolute atomic E-state index is 14.0. The molecule has 2 aromatic heterocycles. The van der Waals surface area contributed by atoms with E-state index in [-0.39, 0.29) is 29.8 Å². The van der Waals surface area contributed by atoms with Crippen molar-refractivity contribution in [2.75, 3.05) is 18.4 Å². The first-order chi connectivity index (χ1) is 16.5. The number of benzene rings is 2. The van der Waals surface area contributed by atoms with Gasteiger partial charge in [0, 0.05) is 49.6 Å². The van der Waals surface area contributed by atoms with Gasteiger partial charge in [0.2, 0.25) is 5.95 Å². The number of hydrogen-bond acceptors (Lipinski definition) is 5. The number of nitrogens with one attached hydrogen (secondary N) is 2. The summed E-state index contributed by atoms with van der Waals surface area (Å²) in [6, 6.07) is 22.4. The van der Waals surface area contributed by atoms with Gasteiger partial charge in [-0.3, -0.25) is 14.7 Å². The molecule has 1 fully saturated rings. The summed E-state index contributed by atoms with van der Waals surface area (Å²) in [6.45, 7) is 4.53. The number of halogens is 1. The summed E-state index contributed by atoms with van der Waals surface area (Å²) in [5.41, 5.74) is 2.21. The highest BCUT2D eigenvalue weighted by atomic mass is 19.1. The zero-order chi connectivity index (χ0) is 23.5. The topological polar surface area (TPSA) is 74.2 Å². The summed E-state index contributed by atoms with van der Waals surface area (Å²) >= 11 is 0. The molecular formula is C27H27FN4O2. The predicted molar refractivity (Wildman–Crippen MR) is 129 cm³/mol. The van der Waals surface area contributed by atoms with E-state index in [9.17, 15) is 9.18 Å². The Kier molecular flexibility index (Phi) is 6.27. The fourth-order valence-electron chi connectivity index (χ4n) is 4.67. The van der Waals surface area contributed by atoms with Crippen molar-refractivity contribution in [3.63, 3.8) is 0 Å². The molecule has 2 N–H and O–H groups in total. The van der Waals surface area contributed by atoms with E-state index < -0.39 is 0 Å². The number of anilines is 1. The number of H-pyrrole nitrogens is 1. The first kappa shape index (κ1) is 22.1. The first-order valence-electron chi connectivity index (χ1n) is 11.5. The third-order valence-corrected chi connectivity index (χ3v) is 6.32.